The number of carbonyl (C=O) groups is 3. The number of benzene rings is 1. The summed E-state index contributed by atoms with van der Waals surface area (Å²) in [5, 5.41) is 6.31. The minimum absolute atomic E-state index is 0.0118. The summed E-state index contributed by atoms with van der Waals surface area (Å²) in [4.78, 5) is 41.3. The second kappa shape index (κ2) is 12.4. The molecule has 1 heterocycles. The quantitative estimate of drug-likeness (QED) is 0.572. The van der Waals surface area contributed by atoms with Gasteiger partial charge in [0.1, 0.15) is 6.04 Å². The standard InChI is InChI=1S/C20H28Cl2N4O3S/c1-3-23-18(27)13-25-7-9-26(10-8-25)20(29)17(6-11-30-2)24-19(28)15-5-4-14(21)12-16(15)22/h4-5,12,17H,3,6-11,13H2,1-2H3,(H,23,27)(H,24,28). The van der Waals surface area contributed by atoms with Crippen LogP contribution in [-0.4, -0.2) is 84.8 Å². The molecule has 0 bridgehead atoms. The smallest absolute Gasteiger partial charge is 0.253 e. The monoisotopic (exact) mass is 474 g/mol. The summed E-state index contributed by atoms with van der Waals surface area (Å²) >= 11 is 13.7. The van der Waals surface area contributed by atoms with Gasteiger partial charge < -0.3 is 15.5 Å². The molecule has 1 aromatic rings. The van der Waals surface area contributed by atoms with E-state index in [-0.39, 0.29) is 22.4 Å². The van der Waals surface area contributed by atoms with Crippen LogP contribution in [0, 0.1) is 0 Å². The molecule has 166 valence electrons. The number of hydrogen-bond donors (Lipinski definition) is 2. The Kier molecular flexibility index (Phi) is 10.2. The fourth-order valence-electron chi connectivity index (χ4n) is 3.21. The van der Waals surface area contributed by atoms with Crippen LogP contribution < -0.4 is 10.6 Å². The van der Waals surface area contributed by atoms with Gasteiger partial charge in [0, 0.05) is 37.7 Å². The molecule has 7 nitrogen and oxygen atoms in total. The Bertz CT molecular complexity index is 758. The van der Waals surface area contributed by atoms with E-state index in [1.54, 1.807) is 28.8 Å². The average molecular weight is 475 g/mol. The molecule has 3 amide bonds. The molecule has 0 radical (unpaired) electrons. The second-order valence-electron chi connectivity index (χ2n) is 6.99. The summed E-state index contributed by atoms with van der Waals surface area (Å²) < 4.78 is 0. The van der Waals surface area contributed by atoms with E-state index in [1.807, 2.05) is 18.1 Å². The molecule has 1 aromatic carbocycles. The molecule has 0 aromatic heterocycles. The summed E-state index contributed by atoms with van der Waals surface area (Å²) in [6, 6.07) is 4.02. The van der Waals surface area contributed by atoms with E-state index >= 15 is 0 Å². The minimum Gasteiger partial charge on any atom is -0.355 e. The number of amides is 3. The van der Waals surface area contributed by atoms with Crippen LogP contribution >= 0.6 is 35.0 Å². The van der Waals surface area contributed by atoms with Crippen molar-refractivity contribution in [1.29, 1.82) is 0 Å². The van der Waals surface area contributed by atoms with Gasteiger partial charge in [0.25, 0.3) is 5.91 Å². The lowest BCUT2D eigenvalue weighted by Gasteiger charge is -2.36. The lowest BCUT2D eigenvalue weighted by atomic mass is 10.1. The first-order chi connectivity index (χ1) is 14.3. The van der Waals surface area contributed by atoms with E-state index in [9.17, 15) is 14.4 Å². The minimum atomic E-state index is -0.633. The highest BCUT2D eigenvalue weighted by molar-refractivity contribution is 7.98. The van der Waals surface area contributed by atoms with E-state index in [0.717, 1.165) is 5.75 Å². The van der Waals surface area contributed by atoms with Crippen molar-refractivity contribution in [2.45, 2.75) is 19.4 Å². The van der Waals surface area contributed by atoms with Crippen LogP contribution in [0.2, 0.25) is 10.0 Å². The van der Waals surface area contributed by atoms with Crippen LogP contribution in [0.1, 0.15) is 23.7 Å². The van der Waals surface area contributed by atoms with Crippen LogP contribution in [0.25, 0.3) is 0 Å². The zero-order valence-electron chi connectivity index (χ0n) is 17.2. The fraction of sp³-hybridized carbons (Fsp3) is 0.550. The van der Waals surface area contributed by atoms with Gasteiger partial charge in [-0.15, -0.1) is 0 Å². The molecule has 1 aliphatic heterocycles. The number of likely N-dealkylation sites (N-methyl/N-ethyl adjacent to an activating group) is 1. The zero-order chi connectivity index (χ0) is 22.1. The van der Waals surface area contributed by atoms with Gasteiger partial charge in [-0.25, -0.2) is 0 Å². The summed E-state index contributed by atoms with van der Waals surface area (Å²) in [5.74, 6) is 0.218. The van der Waals surface area contributed by atoms with E-state index in [2.05, 4.69) is 10.6 Å². The molecule has 1 fully saturated rings. The van der Waals surface area contributed by atoms with Crippen molar-refractivity contribution in [3.05, 3.63) is 33.8 Å². The molecule has 30 heavy (non-hydrogen) atoms. The van der Waals surface area contributed by atoms with Crippen molar-refractivity contribution in [2.24, 2.45) is 0 Å². The van der Waals surface area contributed by atoms with Crippen LogP contribution in [-0.2, 0) is 9.59 Å². The highest BCUT2D eigenvalue weighted by atomic mass is 35.5. The number of nitrogens with zero attached hydrogens (tertiary/aromatic N) is 2. The number of rotatable bonds is 9. The maximum atomic E-state index is 13.1. The van der Waals surface area contributed by atoms with E-state index in [0.29, 0.717) is 50.7 Å². The molecule has 1 saturated heterocycles. The molecule has 0 spiro atoms. The summed E-state index contributed by atoms with van der Waals surface area (Å²) in [6.07, 6.45) is 2.48. The Balaban J connectivity index is 1.98. The van der Waals surface area contributed by atoms with Crippen molar-refractivity contribution in [3.8, 4) is 0 Å². The normalized spacial score (nSPS) is 15.5. The molecular formula is C20H28Cl2N4O3S. The first kappa shape index (κ1) is 24.8. The first-order valence-corrected chi connectivity index (χ1v) is 12.0. The van der Waals surface area contributed by atoms with Gasteiger partial charge in [-0.05, 0) is 43.6 Å². The predicted octanol–water partition coefficient (Wildman–Crippen LogP) is 2.13. The molecule has 1 aliphatic rings. The number of nitrogens with one attached hydrogen (secondary N) is 2. The Labute approximate surface area is 191 Å². The van der Waals surface area contributed by atoms with Gasteiger partial charge in [0.15, 0.2) is 0 Å². The Morgan fingerprint density at radius 3 is 2.47 bits per heavy atom. The Morgan fingerprint density at radius 1 is 1.17 bits per heavy atom. The lowest BCUT2D eigenvalue weighted by molar-refractivity contribution is -0.135. The van der Waals surface area contributed by atoms with E-state index < -0.39 is 11.9 Å². The third kappa shape index (κ3) is 7.34. The SMILES string of the molecule is CCNC(=O)CN1CCN(C(=O)C(CCSC)NC(=O)c2ccc(Cl)cc2Cl)CC1. The molecule has 0 aliphatic carbocycles. The molecule has 0 saturated carbocycles. The van der Waals surface area contributed by atoms with Gasteiger partial charge >= 0.3 is 0 Å². The van der Waals surface area contributed by atoms with Crippen LogP contribution in [0.4, 0.5) is 0 Å². The molecule has 10 heteroatoms. The maximum absolute atomic E-state index is 13.1. The third-order valence-electron chi connectivity index (χ3n) is 4.81. The Hall–Kier alpha value is -1.48. The second-order valence-corrected chi connectivity index (χ2v) is 8.82. The largest absolute Gasteiger partial charge is 0.355 e. The lowest BCUT2D eigenvalue weighted by Crippen LogP contribution is -2.56. The van der Waals surface area contributed by atoms with Crippen molar-refractivity contribution < 1.29 is 14.4 Å². The van der Waals surface area contributed by atoms with Crippen LogP contribution in [0.3, 0.4) is 0 Å². The predicted molar refractivity (Wildman–Crippen MR) is 122 cm³/mol. The molecule has 2 N–H and O–H groups in total. The summed E-state index contributed by atoms with van der Waals surface area (Å²) in [7, 11) is 0. The van der Waals surface area contributed by atoms with Crippen molar-refractivity contribution in [3.63, 3.8) is 0 Å². The summed E-state index contributed by atoms with van der Waals surface area (Å²) in [5.41, 5.74) is 0.287. The third-order valence-corrected chi connectivity index (χ3v) is 6.01. The fourth-order valence-corrected chi connectivity index (χ4v) is 4.17. The highest BCUT2D eigenvalue weighted by Gasteiger charge is 2.29. The van der Waals surface area contributed by atoms with Crippen LogP contribution in [0.5, 0.6) is 0 Å². The molecular weight excluding hydrogens is 447 g/mol. The van der Waals surface area contributed by atoms with Crippen molar-refractivity contribution in [2.75, 3.05) is 51.3 Å². The number of thioether (sulfide) groups is 1. The van der Waals surface area contributed by atoms with Gasteiger partial charge in [-0.2, -0.15) is 11.8 Å². The number of halogens is 2. The van der Waals surface area contributed by atoms with Gasteiger partial charge in [-0.1, -0.05) is 23.2 Å². The maximum Gasteiger partial charge on any atom is 0.253 e. The molecule has 1 unspecified atom stereocenters. The van der Waals surface area contributed by atoms with Gasteiger partial charge in [-0.3, -0.25) is 19.3 Å². The van der Waals surface area contributed by atoms with E-state index in [1.165, 1.54) is 6.07 Å². The van der Waals surface area contributed by atoms with E-state index in [4.69, 9.17) is 23.2 Å². The summed E-state index contributed by atoms with van der Waals surface area (Å²) in [6.45, 7) is 5.10. The molecule has 2 rings (SSSR count). The molecule has 1 atom stereocenters. The highest BCUT2D eigenvalue weighted by Crippen LogP contribution is 2.21. The number of hydrogen-bond acceptors (Lipinski definition) is 5. The van der Waals surface area contributed by atoms with Crippen molar-refractivity contribution >= 4 is 52.7 Å². The zero-order valence-corrected chi connectivity index (χ0v) is 19.6. The average Bonchev–Trinajstić information content (AvgIpc) is 2.71. The topological polar surface area (TPSA) is 81.8 Å². The first-order valence-electron chi connectivity index (χ1n) is 9.88. The number of piperazine rings is 1. The van der Waals surface area contributed by atoms with Gasteiger partial charge in [0.2, 0.25) is 11.8 Å². The van der Waals surface area contributed by atoms with Crippen LogP contribution in [0.15, 0.2) is 18.2 Å². The Morgan fingerprint density at radius 2 is 1.87 bits per heavy atom. The number of carbonyl (C=O) groups excluding carboxylic acids is 3. The van der Waals surface area contributed by atoms with Gasteiger partial charge in [0.05, 0.1) is 17.1 Å². The van der Waals surface area contributed by atoms with Crippen molar-refractivity contribution in [1.82, 2.24) is 20.4 Å².